The topological polar surface area (TPSA) is 167 Å². The van der Waals surface area contributed by atoms with Crippen molar-refractivity contribution in [1.29, 1.82) is 5.26 Å². The first kappa shape index (κ1) is 24.7. The Kier molecular flexibility index (Phi) is 6.40. The lowest BCUT2D eigenvalue weighted by atomic mass is 10.1. The van der Waals surface area contributed by atoms with Gasteiger partial charge in [-0.1, -0.05) is 18.2 Å². The van der Waals surface area contributed by atoms with Crippen molar-refractivity contribution in [3.63, 3.8) is 0 Å². The van der Waals surface area contributed by atoms with Crippen molar-refractivity contribution in [3.05, 3.63) is 83.1 Å². The monoisotopic (exact) mass is 510 g/mol. The highest BCUT2D eigenvalue weighted by Gasteiger charge is 2.37. The number of rotatable bonds is 8. The molecule has 192 valence electrons. The van der Waals surface area contributed by atoms with Crippen LogP contribution in [0.5, 0.6) is 11.5 Å². The summed E-state index contributed by atoms with van der Waals surface area (Å²) in [7, 11) is 0. The maximum absolute atomic E-state index is 13.6. The molecule has 0 bridgehead atoms. The second-order valence-electron chi connectivity index (χ2n) is 9.35. The lowest BCUT2D eigenvalue weighted by Gasteiger charge is -2.14. The van der Waals surface area contributed by atoms with Crippen LogP contribution in [0, 0.1) is 11.3 Å². The van der Waals surface area contributed by atoms with Gasteiger partial charge in [0, 0.05) is 18.1 Å². The summed E-state index contributed by atoms with van der Waals surface area (Å²) in [6, 6.07) is 17.7. The van der Waals surface area contributed by atoms with Crippen molar-refractivity contribution >= 4 is 22.9 Å². The van der Waals surface area contributed by atoms with Crippen LogP contribution in [0.25, 0.3) is 16.9 Å². The minimum Gasteiger partial charge on any atom is -0.457 e. The SMILES string of the molecule is C[C@@H](Cn1c(=O)n(-c2ccc(Oc3ccccc3)cc2)c2c(N)ncnc21)NC(=O)C(C#N)=CC1(N)CC1. The largest absolute Gasteiger partial charge is 0.457 e. The summed E-state index contributed by atoms with van der Waals surface area (Å²) in [6.07, 6.45) is 4.25. The normalized spacial score (nSPS) is 15.0. The minimum absolute atomic E-state index is 0.0454. The number of carbonyl (C=O) groups excluding carboxylic acids is 1. The number of para-hydroxylation sites is 1. The minimum atomic E-state index is -0.591. The molecule has 0 unspecified atom stereocenters. The number of ether oxygens (including phenoxy) is 1. The predicted octanol–water partition coefficient (Wildman–Crippen LogP) is 2.40. The van der Waals surface area contributed by atoms with Gasteiger partial charge in [-0.2, -0.15) is 5.26 Å². The van der Waals surface area contributed by atoms with Gasteiger partial charge in [0.25, 0.3) is 5.91 Å². The summed E-state index contributed by atoms with van der Waals surface area (Å²) in [5.41, 5.74) is 12.4. The number of nitrogens with two attached hydrogens (primary N) is 2. The molecule has 0 saturated heterocycles. The first-order valence-electron chi connectivity index (χ1n) is 12.1. The molecule has 1 aliphatic carbocycles. The van der Waals surface area contributed by atoms with E-state index in [0.717, 1.165) is 12.8 Å². The van der Waals surface area contributed by atoms with Crippen LogP contribution in [-0.2, 0) is 11.3 Å². The standard InChI is InChI=1S/C27H26N8O3/c1-17(33-25(36)18(14-28)13-27(30)11-12-27)15-34-24-22(23(29)31-16-32-24)35(26(34)37)19-7-9-21(10-8-19)38-20-5-3-2-4-6-20/h2-10,13,16-17H,11-12,15,30H2,1H3,(H,33,36)(H2,29,31,32)/t17-/m0/s1. The number of imidazole rings is 1. The van der Waals surface area contributed by atoms with Crippen LogP contribution in [0.15, 0.2) is 77.4 Å². The third-order valence-electron chi connectivity index (χ3n) is 6.26. The molecule has 1 saturated carbocycles. The number of nitrogens with one attached hydrogen (secondary N) is 1. The van der Waals surface area contributed by atoms with Crippen LogP contribution in [0.4, 0.5) is 5.82 Å². The van der Waals surface area contributed by atoms with Crippen molar-refractivity contribution < 1.29 is 9.53 Å². The van der Waals surface area contributed by atoms with Crippen molar-refractivity contribution in [3.8, 4) is 23.3 Å². The summed E-state index contributed by atoms with van der Waals surface area (Å²) in [5, 5.41) is 12.2. The third-order valence-corrected chi connectivity index (χ3v) is 6.26. The van der Waals surface area contributed by atoms with E-state index in [1.54, 1.807) is 31.2 Å². The molecule has 11 heteroatoms. The highest BCUT2D eigenvalue weighted by Crippen LogP contribution is 2.34. The Labute approximate surface area is 218 Å². The third kappa shape index (κ3) is 4.98. The average Bonchev–Trinajstić information content (AvgIpc) is 3.58. The molecular weight excluding hydrogens is 484 g/mol. The first-order chi connectivity index (χ1) is 18.3. The van der Waals surface area contributed by atoms with Crippen molar-refractivity contribution in [2.45, 2.75) is 37.9 Å². The number of carbonyl (C=O) groups is 1. The van der Waals surface area contributed by atoms with E-state index < -0.39 is 23.2 Å². The summed E-state index contributed by atoms with van der Waals surface area (Å²) >= 11 is 0. The number of nitrogen functional groups attached to an aromatic ring is 1. The fourth-order valence-electron chi connectivity index (χ4n) is 4.14. The van der Waals surface area contributed by atoms with Gasteiger partial charge in [0.15, 0.2) is 11.5 Å². The van der Waals surface area contributed by atoms with Gasteiger partial charge in [-0.3, -0.25) is 13.9 Å². The van der Waals surface area contributed by atoms with Gasteiger partial charge in [-0.05, 0) is 62.2 Å². The number of fused-ring (bicyclic) bond motifs is 1. The fraction of sp³-hybridized carbons (Fsp3) is 0.222. The zero-order chi connectivity index (χ0) is 26.9. The Balaban J connectivity index is 1.43. The molecule has 2 aromatic carbocycles. The molecule has 4 aromatic rings. The quantitative estimate of drug-likeness (QED) is 0.240. The van der Waals surface area contributed by atoms with Crippen molar-refractivity contribution in [2.75, 3.05) is 5.73 Å². The summed E-state index contributed by atoms with van der Waals surface area (Å²) < 4.78 is 8.70. The van der Waals surface area contributed by atoms with Gasteiger partial charge in [-0.15, -0.1) is 0 Å². The second kappa shape index (κ2) is 9.84. The highest BCUT2D eigenvalue weighted by atomic mass is 16.5. The maximum Gasteiger partial charge on any atom is 0.335 e. The van der Waals surface area contributed by atoms with E-state index in [1.807, 2.05) is 36.4 Å². The van der Waals surface area contributed by atoms with Crippen LogP contribution in [0.2, 0.25) is 0 Å². The summed E-state index contributed by atoms with van der Waals surface area (Å²) in [6.45, 7) is 1.82. The van der Waals surface area contributed by atoms with E-state index in [1.165, 1.54) is 21.5 Å². The number of anilines is 1. The van der Waals surface area contributed by atoms with Gasteiger partial charge >= 0.3 is 5.69 Å². The van der Waals surface area contributed by atoms with Crippen LogP contribution in [0.1, 0.15) is 19.8 Å². The molecule has 0 radical (unpaired) electrons. The smallest absolute Gasteiger partial charge is 0.335 e. The Hall–Kier alpha value is -4.95. The molecule has 2 aromatic heterocycles. The Bertz CT molecular complexity index is 1630. The number of nitrogens with zero attached hydrogens (tertiary/aromatic N) is 5. The van der Waals surface area contributed by atoms with E-state index in [-0.39, 0.29) is 17.9 Å². The zero-order valence-electron chi connectivity index (χ0n) is 20.7. The van der Waals surface area contributed by atoms with Crippen LogP contribution < -0.4 is 27.2 Å². The van der Waals surface area contributed by atoms with Gasteiger partial charge in [0.1, 0.15) is 35.0 Å². The molecule has 5 N–H and O–H groups in total. The molecule has 1 atom stereocenters. The molecule has 1 fully saturated rings. The molecule has 0 aliphatic heterocycles. The first-order valence-corrected chi connectivity index (χ1v) is 12.1. The van der Waals surface area contributed by atoms with E-state index >= 15 is 0 Å². The number of amides is 1. The van der Waals surface area contributed by atoms with Crippen LogP contribution in [0.3, 0.4) is 0 Å². The zero-order valence-corrected chi connectivity index (χ0v) is 20.7. The Morgan fingerprint density at radius 3 is 2.53 bits per heavy atom. The van der Waals surface area contributed by atoms with E-state index in [4.69, 9.17) is 16.2 Å². The average molecular weight is 511 g/mol. The van der Waals surface area contributed by atoms with Crippen molar-refractivity contribution in [1.82, 2.24) is 24.4 Å². The van der Waals surface area contributed by atoms with Gasteiger partial charge in [0.2, 0.25) is 0 Å². The van der Waals surface area contributed by atoms with E-state index in [2.05, 4.69) is 15.3 Å². The number of benzene rings is 2. The summed E-state index contributed by atoms with van der Waals surface area (Å²) in [4.78, 5) is 34.6. The number of aromatic nitrogens is 4. The van der Waals surface area contributed by atoms with Gasteiger partial charge < -0.3 is 21.5 Å². The molecule has 1 amide bonds. The Morgan fingerprint density at radius 2 is 1.87 bits per heavy atom. The van der Waals surface area contributed by atoms with Gasteiger partial charge in [-0.25, -0.2) is 14.8 Å². The van der Waals surface area contributed by atoms with Crippen molar-refractivity contribution in [2.24, 2.45) is 5.73 Å². The molecule has 38 heavy (non-hydrogen) atoms. The molecular formula is C27H26N8O3. The fourth-order valence-corrected chi connectivity index (χ4v) is 4.14. The maximum atomic E-state index is 13.6. The lowest BCUT2D eigenvalue weighted by molar-refractivity contribution is -0.117. The number of hydrogen-bond donors (Lipinski definition) is 3. The Morgan fingerprint density at radius 1 is 1.18 bits per heavy atom. The number of nitriles is 1. The molecule has 2 heterocycles. The molecule has 1 aliphatic rings. The van der Waals surface area contributed by atoms with E-state index in [0.29, 0.717) is 28.4 Å². The lowest BCUT2D eigenvalue weighted by Crippen LogP contribution is -2.39. The molecule has 11 nitrogen and oxygen atoms in total. The van der Waals surface area contributed by atoms with E-state index in [9.17, 15) is 14.9 Å². The highest BCUT2D eigenvalue weighted by molar-refractivity contribution is 5.97. The molecule has 5 rings (SSSR count). The van der Waals surface area contributed by atoms with Crippen LogP contribution in [-0.4, -0.2) is 36.6 Å². The van der Waals surface area contributed by atoms with Crippen LogP contribution >= 0.6 is 0 Å². The second-order valence-corrected chi connectivity index (χ2v) is 9.35. The van der Waals surface area contributed by atoms with Gasteiger partial charge in [0.05, 0.1) is 5.69 Å². The summed E-state index contributed by atoms with van der Waals surface area (Å²) in [5.74, 6) is 0.885. The molecule has 0 spiro atoms. The number of hydrogen-bond acceptors (Lipinski definition) is 8. The predicted molar refractivity (Wildman–Crippen MR) is 142 cm³/mol.